The van der Waals surface area contributed by atoms with Gasteiger partial charge < -0.3 is 22.7 Å². The van der Waals surface area contributed by atoms with Crippen LogP contribution in [0.25, 0.3) is 16.4 Å². The smallest absolute Gasteiger partial charge is 0.310 e. The number of nitrogen functional groups attached to an aromatic ring is 1. The molecule has 0 fully saturated rings. The van der Waals surface area contributed by atoms with Crippen LogP contribution in [0.15, 0.2) is 42.9 Å². The number of nitrogens with two attached hydrogens (primary N) is 1. The summed E-state index contributed by atoms with van der Waals surface area (Å²) in [6.45, 7) is 3.05. The van der Waals surface area contributed by atoms with E-state index < -0.39 is 0 Å². The normalized spacial score (nSPS) is 10.6. The molecule has 0 amide bonds. The minimum absolute atomic E-state index is 0. The van der Waals surface area contributed by atoms with Gasteiger partial charge in [-0.1, -0.05) is 24.3 Å². The lowest BCUT2D eigenvalue weighted by Crippen LogP contribution is -3.00. The molecule has 0 aliphatic carbocycles. The zero-order chi connectivity index (χ0) is 11.1. The third kappa shape index (κ3) is 1.69. The number of fused-ring (bicyclic) bond motifs is 2. The van der Waals surface area contributed by atoms with E-state index in [1.165, 1.54) is 5.39 Å². The van der Waals surface area contributed by atoms with E-state index >= 15 is 0 Å². The summed E-state index contributed by atoms with van der Waals surface area (Å²) in [4.78, 5) is 0. The van der Waals surface area contributed by atoms with Crippen molar-refractivity contribution in [3.63, 3.8) is 0 Å². The highest BCUT2D eigenvalue weighted by atomic mass is 79.9. The van der Waals surface area contributed by atoms with Crippen LogP contribution in [0.3, 0.4) is 0 Å². The van der Waals surface area contributed by atoms with Crippen LogP contribution in [-0.4, -0.2) is 4.40 Å². The minimum atomic E-state index is 0. The van der Waals surface area contributed by atoms with Crippen molar-refractivity contribution in [1.29, 1.82) is 0 Å². The van der Waals surface area contributed by atoms with E-state index in [2.05, 4.69) is 40.4 Å². The fourth-order valence-electron chi connectivity index (χ4n) is 2.22. The van der Waals surface area contributed by atoms with Crippen LogP contribution >= 0.6 is 0 Å². The van der Waals surface area contributed by atoms with Gasteiger partial charge in [0, 0.05) is 10.8 Å². The van der Waals surface area contributed by atoms with Crippen LogP contribution in [0.4, 0.5) is 5.69 Å². The molecule has 3 rings (SSSR count). The van der Waals surface area contributed by atoms with Crippen LogP contribution in [0.2, 0.25) is 0 Å². The molecule has 0 radical (unpaired) electrons. The average Bonchev–Trinajstić information content (AvgIpc) is 2.72. The molecule has 88 valence electrons. The summed E-state index contributed by atoms with van der Waals surface area (Å²) in [5.74, 6) is 0. The Morgan fingerprint density at radius 2 is 2.06 bits per heavy atom. The van der Waals surface area contributed by atoms with Gasteiger partial charge in [0.05, 0.1) is 6.54 Å². The number of aryl methyl sites for hydroxylation is 1. The largest absolute Gasteiger partial charge is 1.00 e. The van der Waals surface area contributed by atoms with Gasteiger partial charge in [0.1, 0.15) is 24.3 Å². The number of rotatable bonds is 1. The summed E-state index contributed by atoms with van der Waals surface area (Å²) in [5, 5.41) is 2.29. The maximum absolute atomic E-state index is 6.23. The third-order valence-electron chi connectivity index (χ3n) is 3.03. The molecule has 2 N–H and O–H groups in total. The first-order valence-corrected chi connectivity index (χ1v) is 5.48. The van der Waals surface area contributed by atoms with Crippen molar-refractivity contribution in [2.75, 3.05) is 5.73 Å². The van der Waals surface area contributed by atoms with Crippen LogP contribution in [-0.2, 0) is 6.54 Å². The fraction of sp³-hybridized carbons (Fsp3) is 0.154. The highest BCUT2D eigenvalue weighted by molar-refractivity contribution is 5.97. The second-order valence-corrected chi connectivity index (χ2v) is 3.95. The Balaban J connectivity index is 0.00000108. The molecule has 0 unspecified atom stereocenters. The molecular formula is C13H14BrN3. The quantitative estimate of drug-likeness (QED) is 0.573. The van der Waals surface area contributed by atoms with Crippen molar-refractivity contribution in [3.8, 4) is 0 Å². The van der Waals surface area contributed by atoms with Gasteiger partial charge in [0.2, 0.25) is 0 Å². The molecule has 0 saturated carbocycles. The highest BCUT2D eigenvalue weighted by Crippen LogP contribution is 2.23. The molecule has 3 aromatic rings. The van der Waals surface area contributed by atoms with Gasteiger partial charge in [-0.3, -0.25) is 0 Å². The number of pyridine rings is 1. The maximum atomic E-state index is 6.23. The zero-order valence-corrected chi connectivity index (χ0v) is 11.2. The molecule has 0 aliphatic heterocycles. The summed E-state index contributed by atoms with van der Waals surface area (Å²) in [5.41, 5.74) is 8.16. The summed E-state index contributed by atoms with van der Waals surface area (Å²) in [6, 6.07) is 8.21. The Bertz CT molecular complexity index is 673. The lowest BCUT2D eigenvalue weighted by molar-refractivity contribution is -0.666. The van der Waals surface area contributed by atoms with E-state index in [4.69, 9.17) is 5.73 Å². The van der Waals surface area contributed by atoms with Crippen molar-refractivity contribution in [1.82, 2.24) is 4.40 Å². The van der Waals surface area contributed by atoms with Gasteiger partial charge in [0.25, 0.3) is 0 Å². The van der Waals surface area contributed by atoms with Crippen molar-refractivity contribution in [3.05, 3.63) is 42.9 Å². The van der Waals surface area contributed by atoms with Crippen LogP contribution in [0.1, 0.15) is 6.92 Å². The number of aromatic nitrogens is 2. The lowest BCUT2D eigenvalue weighted by Gasteiger charge is -2.01. The van der Waals surface area contributed by atoms with Crippen LogP contribution in [0.5, 0.6) is 0 Å². The standard InChI is InChI=1S/C13H14N3.BrH/c1-2-15-7-8-16-9-10-5-3-4-6-11(10)12(14)13(15)16;/h3-9H,2,14H2,1H3;1H/q+1;/p-1. The van der Waals surface area contributed by atoms with Gasteiger partial charge in [-0.15, -0.1) is 0 Å². The van der Waals surface area contributed by atoms with Gasteiger partial charge in [-0.25, -0.2) is 8.97 Å². The number of benzene rings is 1. The number of halogens is 1. The van der Waals surface area contributed by atoms with E-state index in [1.807, 2.05) is 18.3 Å². The lowest BCUT2D eigenvalue weighted by atomic mass is 10.1. The predicted molar refractivity (Wildman–Crippen MR) is 65.2 cm³/mol. The Kier molecular flexibility index (Phi) is 3.07. The topological polar surface area (TPSA) is 34.3 Å². The van der Waals surface area contributed by atoms with Gasteiger partial charge >= 0.3 is 5.65 Å². The summed E-state index contributed by atoms with van der Waals surface area (Å²) < 4.78 is 4.24. The molecule has 2 aromatic heterocycles. The number of imidazole rings is 1. The van der Waals surface area contributed by atoms with Crippen molar-refractivity contribution in [2.45, 2.75) is 13.5 Å². The van der Waals surface area contributed by atoms with E-state index in [0.717, 1.165) is 23.3 Å². The Morgan fingerprint density at radius 3 is 2.82 bits per heavy atom. The van der Waals surface area contributed by atoms with E-state index in [9.17, 15) is 0 Å². The van der Waals surface area contributed by atoms with Crippen molar-refractivity contribution < 1.29 is 21.5 Å². The van der Waals surface area contributed by atoms with Gasteiger partial charge in [0.15, 0.2) is 0 Å². The second-order valence-electron chi connectivity index (χ2n) is 3.95. The fourth-order valence-corrected chi connectivity index (χ4v) is 2.22. The van der Waals surface area contributed by atoms with E-state index in [0.29, 0.717) is 0 Å². The molecule has 0 atom stereocenters. The van der Waals surface area contributed by atoms with Crippen molar-refractivity contribution in [2.24, 2.45) is 0 Å². The molecular weight excluding hydrogens is 278 g/mol. The zero-order valence-electron chi connectivity index (χ0n) is 9.60. The average molecular weight is 292 g/mol. The van der Waals surface area contributed by atoms with Crippen LogP contribution in [0, 0.1) is 0 Å². The number of nitrogens with zero attached hydrogens (tertiary/aromatic N) is 2. The van der Waals surface area contributed by atoms with Crippen molar-refractivity contribution >= 4 is 22.1 Å². The van der Waals surface area contributed by atoms with Crippen LogP contribution < -0.4 is 27.3 Å². The minimum Gasteiger partial charge on any atom is -1.00 e. The molecule has 2 heterocycles. The molecule has 0 aliphatic rings. The van der Waals surface area contributed by atoms with Gasteiger partial charge in [-0.05, 0) is 6.92 Å². The number of hydrogen-bond donors (Lipinski definition) is 1. The SMILES string of the molecule is CC[n+]1ccn2cc3ccccc3c(N)c21.[Br-]. The predicted octanol–water partition coefficient (Wildman–Crippen LogP) is -1.01. The monoisotopic (exact) mass is 291 g/mol. The molecule has 1 aromatic carbocycles. The Hall–Kier alpha value is -1.55. The molecule has 0 spiro atoms. The van der Waals surface area contributed by atoms with E-state index in [1.54, 1.807) is 0 Å². The second kappa shape index (κ2) is 4.37. The number of anilines is 1. The molecule has 0 bridgehead atoms. The Labute approximate surface area is 110 Å². The molecule has 3 nitrogen and oxygen atoms in total. The number of hydrogen-bond acceptors (Lipinski definition) is 1. The summed E-state index contributed by atoms with van der Waals surface area (Å²) in [6.07, 6.45) is 6.22. The first-order chi connectivity index (χ1) is 7.81. The molecule has 0 saturated heterocycles. The maximum Gasteiger partial charge on any atom is 0.310 e. The Morgan fingerprint density at radius 1 is 1.29 bits per heavy atom. The first-order valence-electron chi connectivity index (χ1n) is 5.48. The van der Waals surface area contributed by atoms with E-state index in [-0.39, 0.29) is 17.0 Å². The first kappa shape index (κ1) is 11.9. The molecule has 4 heteroatoms. The van der Waals surface area contributed by atoms with Gasteiger partial charge in [-0.2, -0.15) is 0 Å². The molecule has 17 heavy (non-hydrogen) atoms. The summed E-state index contributed by atoms with van der Waals surface area (Å²) in [7, 11) is 0. The highest BCUT2D eigenvalue weighted by Gasteiger charge is 2.14. The summed E-state index contributed by atoms with van der Waals surface area (Å²) >= 11 is 0. The third-order valence-corrected chi connectivity index (χ3v) is 3.03.